The topological polar surface area (TPSA) is 107 Å². The molecule has 0 aliphatic rings. The van der Waals surface area contributed by atoms with E-state index in [-0.39, 0.29) is 0 Å². The largest absolute Gasteiger partial charge is 0.466 e. The smallest absolute Gasteiger partial charge is 0.249 e. The van der Waals surface area contributed by atoms with Gasteiger partial charge in [-0.05, 0) is 61.0 Å². The van der Waals surface area contributed by atoms with Crippen molar-refractivity contribution in [3.63, 3.8) is 0 Å². The van der Waals surface area contributed by atoms with Crippen LogP contribution < -0.4 is 11.1 Å². The molecule has 7 nitrogen and oxygen atoms in total. The lowest BCUT2D eigenvalue weighted by molar-refractivity contribution is 0.0999. The summed E-state index contributed by atoms with van der Waals surface area (Å²) in [6, 6.07) is 16.6. The number of nitrogens with two attached hydrogens (primary N) is 1. The van der Waals surface area contributed by atoms with Crippen molar-refractivity contribution in [3.05, 3.63) is 89.6 Å². The average molecular weight is 385 g/mol. The van der Waals surface area contributed by atoms with Gasteiger partial charge in [0.2, 0.25) is 5.91 Å². The molecule has 3 aromatic heterocycles. The summed E-state index contributed by atoms with van der Waals surface area (Å²) in [7, 11) is 0. The Morgan fingerprint density at radius 2 is 1.86 bits per heavy atom. The Labute approximate surface area is 167 Å². The van der Waals surface area contributed by atoms with Gasteiger partial charge >= 0.3 is 0 Å². The number of amides is 1. The molecule has 0 fully saturated rings. The zero-order chi connectivity index (χ0) is 20.2. The number of furan rings is 1. The van der Waals surface area contributed by atoms with E-state index >= 15 is 0 Å². The minimum absolute atomic E-state index is 0.428. The minimum atomic E-state index is -0.494. The van der Waals surface area contributed by atoms with Gasteiger partial charge in [0.15, 0.2) is 5.82 Å². The number of benzene rings is 1. The fourth-order valence-corrected chi connectivity index (χ4v) is 3.09. The van der Waals surface area contributed by atoms with Crippen molar-refractivity contribution in [3.8, 4) is 11.3 Å². The number of pyridine rings is 1. The predicted molar refractivity (Wildman–Crippen MR) is 110 cm³/mol. The number of hydrogen-bond acceptors (Lipinski definition) is 6. The Balaban J connectivity index is 1.64. The summed E-state index contributed by atoms with van der Waals surface area (Å²) in [5, 5.41) is 11.8. The van der Waals surface area contributed by atoms with Crippen molar-refractivity contribution >= 4 is 17.4 Å². The zero-order valence-corrected chi connectivity index (χ0v) is 15.8. The highest BCUT2D eigenvalue weighted by Gasteiger charge is 2.15. The van der Waals surface area contributed by atoms with Crippen molar-refractivity contribution < 1.29 is 9.21 Å². The molecular weight excluding hydrogens is 366 g/mol. The molecule has 144 valence electrons. The summed E-state index contributed by atoms with van der Waals surface area (Å²) in [6.45, 7) is 1.88. The van der Waals surface area contributed by atoms with Crippen LogP contribution in [0.1, 0.15) is 27.4 Å². The van der Waals surface area contributed by atoms with E-state index in [1.54, 1.807) is 24.5 Å². The monoisotopic (exact) mass is 385 g/mol. The average Bonchev–Trinajstić information content (AvgIpc) is 3.15. The maximum Gasteiger partial charge on any atom is 0.249 e. The molecule has 0 spiro atoms. The van der Waals surface area contributed by atoms with Crippen molar-refractivity contribution in [2.24, 2.45) is 5.73 Å². The lowest BCUT2D eigenvalue weighted by Gasteiger charge is -2.14. The number of nitrogens with zero attached hydrogens (tertiary/aromatic N) is 3. The Morgan fingerprint density at radius 3 is 2.52 bits per heavy atom. The molecule has 0 radical (unpaired) electrons. The van der Waals surface area contributed by atoms with Gasteiger partial charge in [-0.15, -0.1) is 10.2 Å². The maximum absolute atomic E-state index is 12.0. The summed E-state index contributed by atoms with van der Waals surface area (Å²) >= 11 is 0. The third-order valence-corrected chi connectivity index (χ3v) is 4.49. The Morgan fingerprint density at radius 1 is 1.03 bits per heavy atom. The van der Waals surface area contributed by atoms with Crippen molar-refractivity contribution in [1.82, 2.24) is 15.2 Å². The number of carbonyl (C=O) groups excluding carboxylic acids is 1. The second-order valence-corrected chi connectivity index (χ2v) is 6.55. The summed E-state index contributed by atoms with van der Waals surface area (Å²) in [6.07, 6.45) is 3.85. The molecule has 0 saturated carbocycles. The lowest BCUT2D eigenvalue weighted by Crippen LogP contribution is -2.15. The van der Waals surface area contributed by atoms with Crippen LogP contribution in [0.25, 0.3) is 11.3 Å². The molecule has 7 heteroatoms. The molecule has 3 N–H and O–H groups in total. The van der Waals surface area contributed by atoms with Gasteiger partial charge in [0.1, 0.15) is 11.5 Å². The highest BCUT2D eigenvalue weighted by atomic mass is 16.3. The van der Waals surface area contributed by atoms with Gasteiger partial charge in [0, 0.05) is 35.6 Å². The zero-order valence-electron chi connectivity index (χ0n) is 15.8. The first-order valence-electron chi connectivity index (χ1n) is 9.08. The van der Waals surface area contributed by atoms with Crippen LogP contribution in [0.2, 0.25) is 0 Å². The van der Waals surface area contributed by atoms with Crippen molar-refractivity contribution in [2.45, 2.75) is 13.3 Å². The van der Waals surface area contributed by atoms with Crippen LogP contribution in [-0.4, -0.2) is 21.1 Å². The molecule has 1 aromatic carbocycles. The van der Waals surface area contributed by atoms with Crippen LogP contribution >= 0.6 is 0 Å². The molecular formula is C22H19N5O2. The van der Waals surface area contributed by atoms with Crippen LogP contribution in [0.5, 0.6) is 0 Å². The molecule has 0 bridgehead atoms. The van der Waals surface area contributed by atoms with Crippen molar-refractivity contribution in [2.75, 3.05) is 5.32 Å². The second kappa shape index (κ2) is 7.93. The van der Waals surface area contributed by atoms with E-state index in [1.165, 1.54) is 0 Å². The SMILES string of the molecule is Cc1ccc(Cc2c(Nc3ccc(-c4ccncc4)nn3)cccc2C(N)=O)o1. The van der Waals surface area contributed by atoms with Gasteiger partial charge < -0.3 is 15.5 Å². The van der Waals surface area contributed by atoms with Crippen LogP contribution in [0.15, 0.2) is 71.4 Å². The molecule has 0 unspecified atom stereocenters. The number of nitrogens with one attached hydrogen (secondary N) is 1. The second-order valence-electron chi connectivity index (χ2n) is 6.55. The summed E-state index contributed by atoms with van der Waals surface area (Å²) in [5.74, 6) is 1.62. The predicted octanol–water partition coefficient (Wildman–Crippen LogP) is 3.87. The summed E-state index contributed by atoms with van der Waals surface area (Å²) < 4.78 is 5.68. The first-order chi connectivity index (χ1) is 14.1. The molecule has 4 rings (SSSR count). The minimum Gasteiger partial charge on any atom is -0.466 e. The van der Waals surface area contributed by atoms with Gasteiger partial charge in [-0.25, -0.2) is 0 Å². The third-order valence-electron chi connectivity index (χ3n) is 4.49. The third kappa shape index (κ3) is 4.14. The molecule has 29 heavy (non-hydrogen) atoms. The number of rotatable bonds is 6. The maximum atomic E-state index is 12.0. The van der Waals surface area contributed by atoms with Gasteiger partial charge in [0.05, 0.1) is 5.69 Å². The Bertz CT molecular complexity index is 1140. The van der Waals surface area contributed by atoms with E-state index < -0.39 is 5.91 Å². The molecule has 0 aliphatic heterocycles. The lowest BCUT2D eigenvalue weighted by atomic mass is 10.0. The molecule has 3 heterocycles. The quantitative estimate of drug-likeness (QED) is 0.522. The number of aromatic nitrogens is 3. The number of carbonyl (C=O) groups is 1. The Hall–Kier alpha value is -4.00. The van der Waals surface area contributed by atoms with E-state index in [2.05, 4.69) is 20.5 Å². The van der Waals surface area contributed by atoms with Gasteiger partial charge in [-0.2, -0.15) is 0 Å². The van der Waals surface area contributed by atoms with Gasteiger partial charge in [-0.1, -0.05) is 6.07 Å². The van der Waals surface area contributed by atoms with Crippen LogP contribution in [0.3, 0.4) is 0 Å². The van der Waals surface area contributed by atoms with E-state index in [1.807, 2.05) is 49.4 Å². The number of anilines is 2. The fourth-order valence-electron chi connectivity index (χ4n) is 3.09. The summed E-state index contributed by atoms with van der Waals surface area (Å²) in [4.78, 5) is 16.0. The molecule has 1 amide bonds. The first kappa shape index (κ1) is 18.4. The fraction of sp³-hybridized carbons (Fsp3) is 0.0909. The Kier molecular flexibility index (Phi) is 5.03. The standard InChI is InChI=1S/C22H19N5O2/c1-14-5-6-16(29-14)13-18-17(22(23)28)3-2-4-20(18)25-21-8-7-19(26-27-21)15-9-11-24-12-10-15/h2-12H,13H2,1H3,(H2,23,28)(H,25,27). The normalized spacial score (nSPS) is 10.7. The van der Waals surface area contributed by atoms with Crippen LogP contribution in [0, 0.1) is 6.92 Å². The molecule has 0 saturated heterocycles. The van der Waals surface area contributed by atoms with Crippen LogP contribution in [-0.2, 0) is 6.42 Å². The van der Waals surface area contributed by atoms with Crippen LogP contribution in [0.4, 0.5) is 11.5 Å². The van der Waals surface area contributed by atoms with E-state index in [9.17, 15) is 4.79 Å². The molecule has 4 aromatic rings. The van der Waals surface area contributed by atoms with Crippen molar-refractivity contribution in [1.29, 1.82) is 0 Å². The number of hydrogen-bond donors (Lipinski definition) is 2. The van der Waals surface area contributed by atoms with E-state index in [0.717, 1.165) is 34.0 Å². The van der Waals surface area contributed by atoms with E-state index in [0.29, 0.717) is 17.8 Å². The van der Waals surface area contributed by atoms with Gasteiger partial charge in [-0.3, -0.25) is 9.78 Å². The number of primary amides is 1. The molecule has 0 atom stereocenters. The van der Waals surface area contributed by atoms with Gasteiger partial charge in [0.25, 0.3) is 0 Å². The van der Waals surface area contributed by atoms with E-state index in [4.69, 9.17) is 10.2 Å². The molecule has 0 aliphatic carbocycles. The number of aryl methyl sites for hydroxylation is 1. The summed E-state index contributed by atoms with van der Waals surface area (Å²) in [5.41, 5.74) is 9.17. The highest BCUT2D eigenvalue weighted by Crippen LogP contribution is 2.27. The highest BCUT2D eigenvalue weighted by molar-refractivity contribution is 5.96. The first-order valence-corrected chi connectivity index (χ1v) is 9.08.